The largest absolute Gasteiger partial charge is 0.494 e. The SMILES string of the molecule is CCOc1ccc(-n2c(SCC(=O)Nc3cc(Cl)ccc3C)nnc2-c2ccco2)cc1. The quantitative estimate of drug-likeness (QED) is 0.338. The summed E-state index contributed by atoms with van der Waals surface area (Å²) in [4.78, 5) is 12.6. The second-order valence-corrected chi connectivity index (χ2v) is 8.22. The van der Waals surface area contributed by atoms with Gasteiger partial charge in [0, 0.05) is 10.7 Å². The summed E-state index contributed by atoms with van der Waals surface area (Å²) in [6.45, 7) is 4.44. The molecule has 0 atom stereocenters. The van der Waals surface area contributed by atoms with Crippen molar-refractivity contribution in [1.82, 2.24) is 14.8 Å². The molecular formula is C23H21ClN4O3S. The number of nitrogens with one attached hydrogen (secondary N) is 1. The van der Waals surface area contributed by atoms with Crippen LogP contribution in [0.2, 0.25) is 5.02 Å². The lowest BCUT2D eigenvalue weighted by Gasteiger charge is -2.11. The van der Waals surface area contributed by atoms with E-state index in [1.54, 1.807) is 24.5 Å². The average Bonchev–Trinajstić information content (AvgIpc) is 3.45. The smallest absolute Gasteiger partial charge is 0.234 e. The molecule has 0 saturated carbocycles. The van der Waals surface area contributed by atoms with E-state index in [0.717, 1.165) is 17.0 Å². The molecule has 1 amide bonds. The third-order valence-corrected chi connectivity index (χ3v) is 5.75. The van der Waals surface area contributed by atoms with Gasteiger partial charge in [-0.3, -0.25) is 9.36 Å². The Bertz CT molecular complexity index is 1210. The Morgan fingerprint density at radius 2 is 2.00 bits per heavy atom. The number of nitrogens with zero attached hydrogens (tertiary/aromatic N) is 3. The van der Waals surface area contributed by atoms with Crippen LogP contribution in [0.25, 0.3) is 17.3 Å². The maximum Gasteiger partial charge on any atom is 0.234 e. The van der Waals surface area contributed by atoms with Crippen LogP contribution in [0.4, 0.5) is 5.69 Å². The monoisotopic (exact) mass is 468 g/mol. The zero-order chi connectivity index (χ0) is 22.5. The number of halogens is 1. The molecule has 2 aromatic heterocycles. The molecule has 9 heteroatoms. The number of benzene rings is 2. The van der Waals surface area contributed by atoms with Crippen molar-refractivity contribution in [2.75, 3.05) is 17.7 Å². The van der Waals surface area contributed by atoms with Gasteiger partial charge in [-0.2, -0.15) is 0 Å². The van der Waals surface area contributed by atoms with Crippen LogP contribution in [-0.4, -0.2) is 33.0 Å². The molecule has 4 rings (SSSR count). The first-order valence-corrected chi connectivity index (χ1v) is 11.3. The van der Waals surface area contributed by atoms with E-state index in [0.29, 0.717) is 34.1 Å². The van der Waals surface area contributed by atoms with Gasteiger partial charge in [0.15, 0.2) is 10.9 Å². The maximum atomic E-state index is 12.6. The standard InChI is InChI=1S/C23H21ClN4O3S/c1-3-30-18-10-8-17(9-11-18)28-22(20-5-4-12-31-20)26-27-23(28)32-14-21(29)25-19-13-16(24)7-6-15(19)2/h4-13H,3,14H2,1-2H3,(H,25,29). The molecule has 0 saturated heterocycles. The fourth-order valence-corrected chi connectivity index (χ4v) is 3.99. The fourth-order valence-electron chi connectivity index (χ4n) is 3.06. The Morgan fingerprint density at radius 1 is 1.19 bits per heavy atom. The average molecular weight is 469 g/mol. The van der Waals surface area contributed by atoms with E-state index in [1.165, 1.54) is 11.8 Å². The van der Waals surface area contributed by atoms with Crippen LogP contribution >= 0.6 is 23.4 Å². The third-order valence-electron chi connectivity index (χ3n) is 4.59. The van der Waals surface area contributed by atoms with Crippen molar-refractivity contribution in [2.24, 2.45) is 0 Å². The van der Waals surface area contributed by atoms with Crippen molar-refractivity contribution in [3.8, 4) is 23.0 Å². The Hall–Kier alpha value is -3.23. The van der Waals surface area contributed by atoms with Crippen LogP contribution in [-0.2, 0) is 4.79 Å². The second-order valence-electron chi connectivity index (χ2n) is 6.84. The molecule has 2 aromatic carbocycles. The first kappa shape index (κ1) is 22.0. The Balaban J connectivity index is 1.57. The molecule has 2 heterocycles. The summed E-state index contributed by atoms with van der Waals surface area (Å²) in [5.41, 5.74) is 2.45. The van der Waals surface area contributed by atoms with E-state index < -0.39 is 0 Å². The van der Waals surface area contributed by atoms with Gasteiger partial charge < -0.3 is 14.5 Å². The summed E-state index contributed by atoms with van der Waals surface area (Å²) in [7, 11) is 0. The summed E-state index contributed by atoms with van der Waals surface area (Å²) < 4.78 is 12.9. The summed E-state index contributed by atoms with van der Waals surface area (Å²) in [5, 5.41) is 12.6. The number of aryl methyl sites for hydroxylation is 1. The molecular weight excluding hydrogens is 448 g/mol. The van der Waals surface area contributed by atoms with Gasteiger partial charge in [0.25, 0.3) is 0 Å². The number of rotatable bonds is 8. The van der Waals surface area contributed by atoms with Crippen molar-refractivity contribution in [1.29, 1.82) is 0 Å². The number of hydrogen-bond acceptors (Lipinski definition) is 6. The van der Waals surface area contributed by atoms with E-state index in [9.17, 15) is 4.79 Å². The number of anilines is 1. The van der Waals surface area contributed by atoms with E-state index in [2.05, 4.69) is 15.5 Å². The molecule has 0 radical (unpaired) electrons. The van der Waals surface area contributed by atoms with Gasteiger partial charge in [0.05, 0.1) is 24.3 Å². The normalized spacial score (nSPS) is 10.8. The minimum atomic E-state index is -0.166. The van der Waals surface area contributed by atoms with Crippen LogP contribution in [0.15, 0.2) is 70.4 Å². The zero-order valence-electron chi connectivity index (χ0n) is 17.5. The highest BCUT2D eigenvalue weighted by Gasteiger charge is 2.19. The molecule has 0 fully saturated rings. The number of carbonyl (C=O) groups is 1. The van der Waals surface area contributed by atoms with Crippen molar-refractivity contribution in [2.45, 2.75) is 19.0 Å². The molecule has 0 spiro atoms. The minimum Gasteiger partial charge on any atom is -0.494 e. The van der Waals surface area contributed by atoms with Crippen molar-refractivity contribution in [3.63, 3.8) is 0 Å². The molecule has 4 aromatic rings. The maximum absolute atomic E-state index is 12.6. The van der Waals surface area contributed by atoms with Crippen LogP contribution in [0.3, 0.4) is 0 Å². The van der Waals surface area contributed by atoms with Crippen molar-refractivity contribution >= 4 is 35.0 Å². The van der Waals surface area contributed by atoms with Gasteiger partial charge >= 0.3 is 0 Å². The van der Waals surface area contributed by atoms with Gasteiger partial charge in [-0.25, -0.2) is 0 Å². The van der Waals surface area contributed by atoms with E-state index >= 15 is 0 Å². The Kier molecular flexibility index (Phi) is 6.82. The van der Waals surface area contributed by atoms with Gasteiger partial charge in [-0.1, -0.05) is 29.4 Å². The number of aromatic nitrogens is 3. The van der Waals surface area contributed by atoms with Crippen LogP contribution in [0.5, 0.6) is 5.75 Å². The van der Waals surface area contributed by atoms with Crippen molar-refractivity contribution < 1.29 is 13.9 Å². The number of furan rings is 1. The minimum absolute atomic E-state index is 0.152. The van der Waals surface area contributed by atoms with E-state index in [1.807, 2.05) is 54.8 Å². The number of thioether (sulfide) groups is 1. The molecule has 0 unspecified atom stereocenters. The fraction of sp³-hybridized carbons (Fsp3) is 0.174. The first-order valence-electron chi connectivity index (χ1n) is 9.96. The Morgan fingerprint density at radius 3 is 2.72 bits per heavy atom. The summed E-state index contributed by atoms with van der Waals surface area (Å²) in [6.07, 6.45) is 1.58. The number of hydrogen-bond donors (Lipinski definition) is 1. The highest BCUT2D eigenvalue weighted by Crippen LogP contribution is 2.29. The van der Waals surface area contributed by atoms with Gasteiger partial charge in [0.2, 0.25) is 11.7 Å². The molecule has 7 nitrogen and oxygen atoms in total. The lowest BCUT2D eigenvalue weighted by molar-refractivity contribution is -0.113. The molecule has 0 aliphatic heterocycles. The zero-order valence-corrected chi connectivity index (χ0v) is 19.1. The van der Waals surface area contributed by atoms with Crippen LogP contribution in [0, 0.1) is 6.92 Å². The lowest BCUT2D eigenvalue weighted by atomic mass is 10.2. The first-order chi connectivity index (χ1) is 15.5. The molecule has 164 valence electrons. The van der Waals surface area contributed by atoms with Gasteiger partial charge in [0.1, 0.15) is 5.75 Å². The summed E-state index contributed by atoms with van der Waals surface area (Å²) in [5.74, 6) is 1.89. The van der Waals surface area contributed by atoms with Crippen LogP contribution < -0.4 is 10.1 Å². The molecule has 0 aliphatic rings. The number of amides is 1. The number of ether oxygens (including phenoxy) is 1. The molecule has 32 heavy (non-hydrogen) atoms. The van der Waals surface area contributed by atoms with Crippen LogP contribution in [0.1, 0.15) is 12.5 Å². The molecule has 0 bridgehead atoms. The topological polar surface area (TPSA) is 82.2 Å². The highest BCUT2D eigenvalue weighted by molar-refractivity contribution is 7.99. The lowest BCUT2D eigenvalue weighted by Crippen LogP contribution is -2.15. The summed E-state index contributed by atoms with van der Waals surface area (Å²) in [6, 6.07) is 16.6. The van der Waals surface area contributed by atoms with Gasteiger partial charge in [-0.15, -0.1) is 10.2 Å². The number of carbonyl (C=O) groups excluding carboxylic acids is 1. The Labute approximate surface area is 194 Å². The van der Waals surface area contributed by atoms with Crippen molar-refractivity contribution in [3.05, 3.63) is 71.4 Å². The second kappa shape index (κ2) is 9.93. The predicted molar refractivity (Wildman–Crippen MR) is 126 cm³/mol. The summed E-state index contributed by atoms with van der Waals surface area (Å²) >= 11 is 7.33. The highest BCUT2D eigenvalue weighted by atomic mass is 35.5. The predicted octanol–water partition coefficient (Wildman–Crippen LogP) is 5.62. The van der Waals surface area contributed by atoms with Gasteiger partial charge in [-0.05, 0) is 67.9 Å². The molecule has 0 aliphatic carbocycles. The third kappa shape index (κ3) is 4.98. The molecule has 1 N–H and O–H groups in total. The van der Waals surface area contributed by atoms with E-state index in [4.69, 9.17) is 20.8 Å². The van der Waals surface area contributed by atoms with E-state index in [-0.39, 0.29) is 11.7 Å².